The minimum Gasteiger partial charge on any atom is -0.497 e. The summed E-state index contributed by atoms with van der Waals surface area (Å²) in [4.78, 5) is 20.7. The van der Waals surface area contributed by atoms with Crippen LogP contribution in [0.15, 0.2) is 24.4 Å². The first-order valence-corrected chi connectivity index (χ1v) is 7.47. The molecular formula is C17H19N3O3. The minimum atomic E-state index is -0.173. The van der Waals surface area contributed by atoms with Crippen molar-refractivity contribution in [1.29, 1.82) is 0 Å². The second-order valence-corrected chi connectivity index (χ2v) is 5.58. The number of carbonyl (C=O) groups is 1. The zero-order valence-corrected chi connectivity index (χ0v) is 13.4. The van der Waals surface area contributed by atoms with E-state index in [1.54, 1.807) is 20.2 Å². The first-order valence-electron chi connectivity index (χ1n) is 7.47. The molecule has 120 valence electrons. The third-order valence-electron chi connectivity index (χ3n) is 3.86. The molecule has 0 saturated heterocycles. The molecule has 2 heterocycles. The van der Waals surface area contributed by atoms with E-state index in [1.165, 1.54) is 0 Å². The average molecular weight is 313 g/mol. The number of hydrogen-bond donors (Lipinski definition) is 1. The van der Waals surface area contributed by atoms with E-state index in [4.69, 9.17) is 9.47 Å². The van der Waals surface area contributed by atoms with Gasteiger partial charge in [0.25, 0.3) is 5.91 Å². The second-order valence-electron chi connectivity index (χ2n) is 5.58. The highest BCUT2D eigenvalue weighted by molar-refractivity contribution is 5.95. The lowest BCUT2D eigenvalue weighted by atomic mass is 10.0. The van der Waals surface area contributed by atoms with Crippen molar-refractivity contribution in [2.45, 2.75) is 26.3 Å². The molecule has 0 aliphatic carbocycles. The molecule has 1 aromatic heterocycles. The summed E-state index contributed by atoms with van der Waals surface area (Å²) in [5.41, 5.74) is 2.23. The maximum atomic E-state index is 12.4. The van der Waals surface area contributed by atoms with Gasteiger partial charge in [0.05, 0.1) is 24.4 Å². The predicted molar refractivity (Wildman–Crippen MR) is 85.0 cm³/mol. The molecule has 0 unspecified atom stereocenters. The van der Waals surface area contributed by atoms with E-state index in [-0.39, 0.29) is 11.9 Å². The van der Waals surface area contributed by atoms with E-state index < -0.39 is 0 Å². The van der Waals surface area contributed by atoms with Crippen LogP contribution in [0.2, 0.25) is 0 Å². The third kappa shape index (κ3) is 3.26. The number of aromatic nitrogens is 2. The number of amides is 1. The number of carbonyl (C=O) groups excluding carboxylic acids is 1. The van der Waals surface area contributed by atoms with Crippen molar-refractivity contribution in [2.24, 2.45) is 0 Å². The van der Waals surface area contributed by atoms with E-state index in [2.05, 4.69) is 15.3 Å². The Kier molecular flexibility index (Phi) is 4.14. The topological polar surface area (TPSA) is 73.3 Å². The average Bonchev–Trinajstić information content (AvgIpc) is 2.54. The van der Waals surface area contributed by atoms with Crippen molar-refractivity contribution in [2.75, 3.05) is 13.7 Å². The molecule has 1 aliphatic heterocycles. The van der Waals surface area contributed by atoms with Gasteiger partial charge in [0.15, 0.2) is 0 Å². The summed E-state index contributed by atoms with van der Waals surface area (Å²) in [6.45, 7) is 4.04. The Morgan fingerprint density at radius 2 is 2.22 bits per heavy atom. The van der Waals surface area contributed by atoms with Crippen LogP contribution in [0.25, 0.3) is 0 Å². The summed E-state index contributed by atoms with van der Waals surface area (Å²) in [7, 11) is 1.62. The highest BCUT2D eigenvalue weighted by Gasteiger charge is 2.23. The molecule has 1 amide bonds. The lowest BCUT2D eigenvalue weighted by Crippen LogP contribution is -2.43. The summed E-state index contributed by atoms with van der Waals surface area (Å²) < 4.78 is 10.9. The van der Waals surface area contributed by atoms with Gasteiger partial charge in [-0.15, -0.1) is 0 Å². The monoisotopic (exact) mass is 313 g/mol. The zero-order valence-electron chi connectivity index (χ0n) is 13.4. The van der Waals surface area contributed by atoms with Gasteiger partial charge in [-0.05, 0) is 31.9 Å². The van der Waals surface area contributed by atoms with Crippen LogP contribution >= 0.6 is 0 Å². The molecule has 0 radical (unpaired) electrons. The molecule has 6 nitrogen and oxygen atoms in total. The van der Waals surface area contributed by atoms with Gasteiger partial charge >= 0.3 is 0 Å². The highest BCUT2D eigenvalue weighted by Crippen LogP contribution is 2.29. The predicted octanol–water partition coefficient (Wildman–Crippen LogP) is 1.84. The summed E-state index contributed by atoms with van der Waals surface area (Å²) >= 11 is 0. The first kappa shape index (κ1) is 15.3. The lowest BCUT2D eigenvalue weighted by Gasteiger charge is -2.26. The minimum absolute atomic E-state index is 0.0795. The van der Waals surface area contributed by atoms with Crippen molar-refractivity contribution in [1.82, 2.24) is 15.3 Å². The van der Waals surface area contributed by atoms with Gasteiger partial charge < -0.3 is 14.8 Å². The van der Waals surface area contributed by atoms with Crippen LogP contribution in [0.4, 0.5) is 0 Å². The fraction of sp³-hybridized carbons (Fsp3) is 0.353. The Labute approximate surface area is 134 Å². The van der Waals surface area contributed by atoms with Crippen LogP contribution in [0, 0.1) is 13.8 Å². The van der Waals surface area contributed by atoms with Crippen molar-refractivity contribution in [3.8, 4) is 11.5 Å². The van der Waals surface area contributed by atoms with Crippen LogP contribution in [-0.4, -0.2) is 35.6 Å². The number of methoxy groups -OCH3 is 1. The Morgan fingerprint density at radius 1 is 1.39 bits per heavy atom. The number of nitrogens with zero attached hydrogens (tertiary/aromatic N) is 2. The van der Waals surface area contributed by atoms with E-state index in [1.807, 2.05) is 25.1 Å². The molecule has 1 atom stereocenters. The van der Waals surface area contributed by atoms with Gasteiger partial charge in [-0.2, -0.15) is 0 Å². The van der Waals surface area contributed by atoms with E-state index in [0.717, 1.165) is 23.5 Å². The Hall–Kier alpha value is -2.63. The molecule has 3 rings (SSSR count). The smallest absolute Gasteiger partial charge is 0.255 e. The van der Waals surface area contributed by atoms with Crippen molar-refractivity contribution >= 4 is 5.91 Å². The van der Waals surface area contributed by atoms with Crippen LogP contribution in [0.1, 0.15) is 27.4 Å². The lowest BCUT2D eigenvalue weighted by molar-refractivity contribution is 0.0913. The maximum absolute atomic E-state index is 12.4. The normalized spacial score (nSPS) is 16.2. The quantitative estimate of drug-likeness (QED) is 0.936. The molecule has 0 bridgehead atoms. The molecule has 0 saturated carbocycles. The molecule has 0 fully saturated rings. The van der Waals surface area contributed by atoms with Crippen LogP contribution in [-0.2, 0) is 6.42 Å². The molecule has 0 spiro atoms. The van der Waals surface area contributed by atoms with Crippen molar-refractivity contribution < 1.29 is 14.3 Å². The molecule has 1 aromatic carbocycles. The molecule has 6 heteroatoms. The van der Waals surface area contributed by atoms with Crippen LogP contribution in [0.5, 0.6) is 11.5 Å². The fourth-order valence-electron chi connectivity index (χ4n) is 2.64. The van der Waals surface area contributed by atoms with Gasteiger partial charge in [-0.1, -0.05) is 6.07 Å². The molecule has 1 aliphatic rings. The summed E-state index contributed by atoms with van der Waals surface area (Å²) in [6, 6.07) is 5.65. The molecule has 23 heavy (non-hydrogen) atoms. The summed E-state index contributed by atoms with van der Waals surface area (Å²) in [6.07, 6.45) is 2.28. The summed E-state index contributed by atoms with van der Waals surface area (Å²) in [5.74, 6) is 2.05. The molecular weight excluding hydrogens is 294 g/mol. The number of rotatable bonds is 3. The third-order valence-corrected chi connectivity index (χ3v) is 3.86. The molecule has 2 aromatic rings. The second kappa shape index (κ2) is 6.24. The zero-order chi connectivity index (χ0) is 16.4. The Balaban J connectivity index is 1.70. The fourth-order valence-corrected chi connectivity index (χ4v) is 2.64. The van der Waals surface area contributed by atoms with Crippen LogP contribution < -0.4 is 14.8 Å². The number of hydrogen-bond acceptors (Lipinski definition) is 5. The molecule has 1 N–H and O–H groups in total. The largest absolute Gasteiger partial charge is 0.497 e. The van der Waals surface area contributed by atoms with E-state index in [9.17, 15) is 4.79 Å². The number of fused-ring (bicyclic) bond motifs is 1. The first-order chi connectivity index (χ1) is 11.1. The summed E-state index contributed by atoms with van der Waals surface area (Å²) in [5, 5.41) is 2.99. The van der Waals surface area contributed by atoms with Gasteiger partial charge in [-0.3, -0.25) is 4.79 Å². The number of benzene rings is 1. The van der Waals surface area contributed by atoms with E-state index >= 15 is 0 Å². The van der Waals surface area contributed by atoms with Crippen molar-refractivity contribution in [3.63, 3.8) is 0 Å². The maximum Gasteiger partial charge on any atom is 0.255 e. The van der Waals surface area contributed by atoms with Gasteiger partial charge in [0.1, 0.15) is 23.9 Å². The number of ether oxygens (including phenoxy) is 2. The number of nitrogens with one attached hydrogen (secondary N) is 1. The number of aryl methyl sites for hydroxylation is 2. The van der Waals surface area contributed by atoms with Gasteiger partial charge in [-0.25, -0.2) is 9.97 Å². The van der Waals surface area contributed by atoms with Crippen LogP contribution in [0.3, 0.4) is 0 Å². The Bertz CT molecular complexity index is 746. The Morgan fingerprint density at radius 3 is 2.96 bits per heavy atom. The van der Waals surface area contributed by atoms with Gasteiger partial charge in [0, 0.05) is 12.3 Å². The van der Waals surface area contributed by atoms with Crippen molar-refractivity contribution in [3.05, 3.63) is 47.0 Å². The van der Waals surface area contributed by atoms with E-state index in [0.29, 0.717) is 23.7 Å². The SMILES string of the molecule is COc1ccc2c(c1)OC[C@@H](NC(=O)c1cnc(C)nc1C)C2. The van der Waals surface area contributed by atoms with Gasteiger partial charge in [0.2, 0.25) is 0 Å². The standard InChI is InChI=1S/C17H19N3O3/c1-10-15(8-18-11(2)19-10)17(21)20-13-6-12-4-5-14(22-3)7-16(12)23-9-13/h4-5,7-8,13H,6,9H2,1-3H3,(H,20,21)/t13-/m0/s1. The highest BCUT2D eigenvalue weighted by atomic mass is 16.5.